The van der Waals surface area contributed by atoms with Crippen LogP contribution in [0.1, 0.15) is 25.7 Å². The van der Waals surface area contributed by atoms with Crippen molar-refractivity contribution in [3.8, 4) is 0 Å². The molecule has 0 saturated carbocycles. The smallest absolute Gasteiger partial charge is 0.222 e. The molecule has 0 aliphatic carbocycles. The third-order valence-corrected chi connectivity index (χ3v) is 2.88. The standard InChI is InChI=1S/C11H21NO3/c1-12(6-7-13)11(14)5-4-10-3-2-8-15-9-10/h10,13H,2-9H2,1H3. The van der Waals surface area contributed by atoms with Gasteiger partial charge in [0.05, 0.1) is 6.61 Å². The van der Waals surface area contributed by atoms with Gasteiger partial charge in [0.2, 0.25) is 5.91 Å². The van der Waals surface area contributed by atoms with Gasteiger partial charge in [-0.15, -0.1) is 0 Å². The molecule has 0 aromatic rings. The quantitative estimate of drug-likeness (QED) is 0.732. The maximum absolute atomic E-state index is 11.5. The number of carbonyl (C=O) groups excluding carboxylic acids is 1. The summed E-state index contributed by atoms with van der Waals surface area (Å²) >= 11 is 0. The number of amides is 1. The van der Waals surface area contributed by atoms with Gasteiger partial charge in [-0.05, 0) is 25.2 Å². The molecule has 15 heavy (non-hydrogen) atoms. The summed E-state index contributed by atoms with van der Waals surface area (Å²) in [5.41, 5.74) is 0. The van der Waals surface area contributed by atoms with Crippen molar-refractivity contribution in [2.24, 2.45) is 5.92 Å². The fraction of sp³-hybridized carbons (Fsp3) is 0.909. The van der Waals surface area contributed by atoms with Crippen LogP contribution >= 0.6 is 0 Å². The molecule has 1 amide bonds. The molecule has 1 rings (SSSR count). The van der Waals surface area contributed by atoms with Crippen molar-refractivity contribution in [2.45, 2.75) is 25.7 Å². The van der Waals surface area contributed by atoms with Crippen LogP contribution in [0.25, 0.3) is 0 Å². The molecule has 1 N–H and O–H groups in total. The minimum atomic E-state index is 0.0365. The summed E-state index contributed by atoms with van der Waals surface area (Å²) in [5, 5.41) is 8.69. The molecule has 4 heteroatoms. The van der Waals surface area contributed by atoms with E-state index in [-0.39, 0.29) is 12.5 Å². The molecule has 0 aromatic heterocycles. The van der Waals surface area contributed by atoms with E-state index >= 15 is 0 Å². The van der Waals surface area contributed by atoms with Crippen molar-refractivity contribution in [3.05, 3.63) is 0 Å². The Morgan fingerprint density at radius 1 is 1.60 bits per heavy atom. The van der Waals surface area contributed by atoms with Crippen LogP contribution in [0, 0.1) is 5.92 Å². The van der Waals surface area contributed by atoms with E-state index in [0.29, 0.717) is 18.9 Å². The van der Waals surface area contributed by atoms with E-state index < -0.39 is 0 Å². The fourth-order valence-electron chi connectivity index (χ4n) is 1.83. The monoisotopic (exact) mass is 215 g/mol. The van der Waals surface area contributed by atoms with Crippen molar-refractivity contribution in [2.75, 3.05) is 33.4 Å². The zero-order valence-electron chi connectivity index (χ0n) is 9.45. The first-order chi connectivity index (χ1) is 7.24. The van der Waals surface area contributed by atoms with Crippen molar-refractivity contribution in [1.29, 1.82) is 0 Å². The Hall–Kier alpha value is -0.610. The van der Waals surface area contributed by atoms with Gasteiger partial charge in [0, 0.05) is 33.2 Å². The maximum Gasteiger partial charge on any atom is 0.222 e. The third kappa shape index (κ3) is 4.62. The summed E-state index contributed by atoms with van der Waals surface area (Å²) in [6.07, 6.45) is 3.78. The Bertz CT molecular complexity index is 190. The van der Waals surface area contributed by atoms with E-state index in [1.165, 1.54) is 6.42 Å². The highest BCUT2D eigenvalue weighted by atomic mass is 16.5. The first-order valence-corrected chi connectivity index (χ1v) is 5.66. The molecule has 88 valence electrons. The highest BCUT2D eigenvalue weighted by Gasteiger charge is 2.16. The Labute approximate surface area is 91.2 Å². The second kappa shape index (κ2) is 6.80. The number of nitrogens with zero attached hydrogens (tertiary/aromatic N) is 1. The van der Waals surface area contributed by atoms with Gasteiger partial charge in [-0.3, -0.25) is 4.79 Å². The average molecular weight is 215 g/mol. The SMILES string of the molecule is CN(CCO)C(=O)CCC1CCCOC1. The summed E-state index contributed by atoms with van der Waals surface area (Å²) in [6.45, 7) is 2.14. The first kappa shape index (κ1) is 12.5. The minimum Gasteiger partial charge on any atom is -0.395 e. The topological polar surface area (TPSA) is 49.8 Å². The molecule has 1 saturated heterocycles. The van der Waals surface area contributed by atoms with E-state index in [1.54, 1.807) is 11.9 Å². The van der Waals surface area contributed by atoms with Crippen molar-refractivity contribution < 1.29 is 14.6 Å². The second-order valence-electron chi connectivity index (χ2n) is 4.16. The highest BCUT2D eigenvalue weighted by molar-refractivity contribution is 5.75. The number of hydrogen-bond donors (Lipinski definition) is 1. The lowest BCUT2D eigenvalue weighted by atomic mass is 9.97. The van der Waals surface area contributed by atoms with E-state index in [2.05, 4.69) is 0 Å². The predicted octanol–water partition coefficient (Wildman–Crippen LogP) is 0.644. The molecule has 4 nitrogen and oxygen atoms in total. The number of aliphatic hydroxyl groups excluding tert-OH is 1. The van der Waals surface area contributed by atoms with Crippen LogP contribution in [0.4, 0.5) is 0 Å². The van der Waals surface area contributed by atoms with Gasteiger partial charge >= 0.3 is 0 Å². The lowest BCUT2D eigenvalue weighted by Gasteiger charge is -2.23. The van der Waals surface area contributed by atoms with E-state index in [4.69, 9.17) is 9.84 Å². The fourth-order valence-corrected chi connectivity index (χ4v) is 1.83. The largest absolute Gasteiger partial charge is 0.395 e. The van der Waals surface area contributed by atoms with Crippen LogP contribution in [0.5, 0.6) is 0 Å². The molecule has 1 aliphatic rings. The molecular weight excluding hydrogens is 194 g/mol. The lowest BCUT2D eigenvalue weighted by molar-refractivity contribution is -0.130. The normalized spacial score (nSPS) is 21.3. The van der Waals surface area contributed by atoms with Crippen molar-refractivity contribution >= 4 is 5.91 Å². The first-order valence-electron chi connectivity index (χ1n) is 5.66. The van der Waals surface area contributed by atoms with Crippen LogP contribution in [-0.2, 0) is 9.53 Å². The molecule has 0 radical (unpaired) electrons. The maximum atomic E-state index is 11.5. The van der Waals surface area contributed by atoms with Crippen LogP contribution < -0.4 is 0 Å². The third-order valence-electron chi connectivity index (χ3n) is 2.88. The highest BCUT2D eigenvalue weighted by Crippen LogP contribution is 2.18. The van der Waals surface area contributed by atoms with Crippen LogP contribution in [0.15, 0.2) is 0 Å². The molecule has 0 aromatic carbocycles. The zero-order valence-corrected chi connectivity index (χ0v) is 9.45. The summed E-state index contributed by atoms with van der Waals surface area (Å²) in [5.74, 6) is 0.667. The van der Waals surface area contributed by atoms with Gasteiger partial charge < -0.3 is 14.7 Å². The molecule has 1 heterocycles. The zero-order chi connectivity index (χ0) is 11.1. The number of aliphatic hydroxyl groups is 1. The van der Waals surface area contributed by atoms with Crippen molar-refractivity contribution in [3.63, 3.8) is 0 Å². The number of ether oxygens (including phenoxy) is 1. The van der Waals surface area contributed by atoms with Gasteiger partial charge in [0.1, 0.15) is 0 Å². The molecular formula is C11H21NO3. The summed E-state index contributed by atoms with van der Waals surface area (Å²) in [7, 11) is 1.73. The summed E-state index contributed by atoms with van der Waals surface area (Å²) in [4.78, 5) is 13.1. The van der Waals surface area contributed by atoms with Gasteiger partial charge in [-0.2, -0.15) is 0 Å². The lowest BCUT2D eigenvalue weighted by Crippen LogP contribution is -2.30. The Morgan fingerprint density at radius 2 is 2.40 bits per heavy atom. The van der Waals surface area contributed by atoms with Crippen LogP contribution in [0.3, 0.4) is 0 Å². The van der Waals surface area contributed by atoms with Gasteiger partial charge in [-0.1, -0.05) is 0 Å². The van der Waals surface area contributed by atoms with Gasteiger partial charge in [-0.25, -0.2) is 0 Å². The van der Waals surface area contributed by atoms with Crippen LogP contribution in [0.2, 0.25) is 0 Å². The Morgan fingerprint density at radius 3 is 3.00 bits per heavy atom. The molecule has 1 unspecified atom stereocenters. The van der Waals surface area contributed by atoms with Gasteiger partial charge in [0.25, 0.3) is 0 Å². The Kier molecular flexibility index (Phi) is 5.65. The number of hydrogen-bond acceptors (Lipinski definition) is 3. The number of likely N-dealkylation sites (N-methyl/N-ethyl adjacent to an activating group) is 1. The molecule has 0 bridgehead atoms. The predicted molar refractivity (Wildman–Crippen MR) is 57.5 cm³/mol. The van der Waals surface area contributed by atoms with Gasteiger partial charge in [0.15, 0.2) is 0 Å². The molecule has 1 atom stereocenters. The van der Waals surface area contributed by atoms with Crippen molar-refractivity contribution in [1.82, 2.24) is 4.90 Å². The summed E-state index contributed by atoms with van der Waals surface area (Å²) < 4.78 is 5.36. The average Bonchev–Trinajstić information content (AvgIpc) is 2.27. The van der Waals surface area contributed by atoms with E-state index in [9.17, 15) is 4.79 Å². The van der Waals surface area contributed by atoms with Crippen LogP contribution in [-0.4, -0.2) is 49.3 Å². The number of carbonyl (C=O) groups is 1. The molecule has 0 spiro atoms. The Balaban J connectivity index is 2.14. The van der Waals surface area contributed by atoms with E-state index in [0.717, 1.165) is 26.1 Å². The molecule has 1 fully saturated rings. The number of rotatable bonds is 5. The summed E-state index contributed by atoms with van der Waals surface area (Å²) in [6, 6.07) is 0. The molecule has 1 aliphatic heterocycles. The van der Waals surface area contributed by atoms with E-state index in [1.807, 2.05) is 0 Å². The second-order valence-corrected chi connectivity index (χ2v) is 4.16. The minimum absolute atomic E-state index is 0.0365.